The minimum absolute atomic E-state index is 0.343. The maximum Gasteiger partial charge on any atom is 0.490 e. The number of carboxylic acid groups (broad SMARTS) is 1. The topological polar surface area (TPSA) is 134 Å². The molecule has 36 heavy (non-hydrogen) atoms. The lowest BCUT2D eigenvalue weighted by Crippen LogP contribution is -2.27. The molecular formula is C22H21F3N6O4S. The van der Waals surface area contributed by atoms with E-state index in [0.717, 1.165) is 40.7 Å². The number of hydrogen-bond acceptors (Lipinski definition) is 6. The summed E-state index contributed by atoms with van der Waals surface area (Å²) in [6.07, 6.45) is 1.86. The van der Waals surface area contributed by atoms with Gasteiger partial charge in [0.05, 0.1) is 11.4 Å². The second-order valence-electron chi connectivity index (χ2n) is 7.99. The summed E-state index contributed by atoms with van der Waals surface area (Å²) in [5, 5.41) is 15.8. The number of fused-ring (bicyclic) bond motifs is 1. The van der Waals surface area contributed by atoms with E-state index in [9.17, 15) is 21.6 Å². The summed E-state index contributed by atoms with van der Waals surface area (Å²) >= 11 is 0. The zero-order valence-electron chi connectivity index (χ0n) is 18.7. The van der Waals surface area contributed by atoms with Crippen molar-refractivity contribution in [3.8, 4) is 11.1 Å². The van der Waals surface area contributed by atoms with Crippen LogP contribution in [0.15, 0.2) is 60.1 Å². The van der Waals surface area contributed by atoms with Gasteiger partial charge in [-0.25, -0.2) is 18.2 Å². The molecule has 0 spiro atoms. The zero-order valence-corrected chi connectivity index (χ0v) is 19.5. The lowest BCUT2D eigenvalue weighted by Gasteiger charge is -2.15. The molecule has 1 aliphatic rings. The summed E-state index contributed by atoms with van der Waals surface area (Å²) in [6.45, 7) is 1.83. The number of benzene rings is 1. The standard InChI is InChI=1S/C20H20N6O2S.C2HF3O2/c27-29(28,26-9-1-2-10-26)17-5-3-15(4-6-17)18-7-8-21-20-19(18)11-16(24-20)12-25-13-22-23-14-25;3-2(4,5)1(6)7/h3-8,11,13-14H,1-2,9-10,12H2,(H,21,24);(H,6,7). The molecule has 3 aromatic heterocycles. The van der Waals surface area contributed by atoms with Crippen LogP contribution >= 0.6 is 0 Å². The second-order valence-corrected chi connectivity index (χ2v) is 9.93. The lowest BCUT2D eigenvalue weighted by atomic mass is 10.0. The third-order valence-corrected chi connectivity index (χ3v) is 7.43. The van der Waals surface area contributed by atoms with Gasteiger partial charge in [0, 0.05) is 30.4 Å². The Morgan fingerprint density at radius 3 is 2.25 bits per heavy atom. The first-order valence-electron chi connectivity index (χ1n) is 10.8. The Bertz CT molecular complexity index is 1450. The highest BCUT2D eigenvalue weighted by molar-refractivity contribution is 7.89. The number of hydrogen-bond donors (Lipinski definition) is 2. The number of halogens is 3. The number of aliphatic carboxylic acids is 1. The fraction of sp³-hybridized carbons (Fsp3) is 0.273. The highest BCUT2D eigenvalue weighted by Crippen LogP contribution is 2.30. The van der Waals surface area contributed by atoms with Crippen molar-refractivity contribution < 1.29 is 31.5 Å². The van der Waals surface area contributed by atoms with E-state index in [2.05, 4.69) is 26.2 Å². The Hall–Kier alpha value is -3.78. The minimum Gasteiger partial charge on any atom is -0.475 e. The van der Waals surface area contributed by atoms with Crippen LogP contribution in [-0.4, -0.2) is 67.8 Å². The fourth-order valence-corrected chi connectivity index (χ4v) is 5.32. The largest absolute Gasteiger partial charge is 0.490 e. The summed E-state index contributed by atoms with van der Waals surface area (Å²) < 4.78 is 60.7. The molecule has 5 rings (SSSR count). The molecule has 1 saturated heterocycles. The van der Waals surface area contributed by atoms with E-state index in [1.165, 1.54) is 0 Å². The quantitative estimate of drug-likeness (QED) is 0.411. The third kappa shape index (κ3) is 5.54. The van der Waals surface area contributed by atoms with Crippen molar-refractivity contribution in [3.63, 3.8) is 0 Å². The molecule has 0 aliphatic carbocycles. The molecule has 1 fully saturated rings. The van der Waals surface area contributed by atoms with E-state index < -0.39 is 22.2 Å². The van der Waals surface area contributed by atoms with Crippen LogP contribution in [0.3, 0.4) is 0 Å². The van der Waals surface area contributed by atoms with Crippen molar-refractivity contribution in [1.29, 1.82) is 0 Å². The number of nitrogens with one attached hydrogen (secondary N) is 1. The van der Waals surface area contributed by atoms with Gasteiger partial charge in [-0.2, -0.15) is 17.5 Å². The SMILES string of the molecule is O=C(O)C(F)(F)F.O=S(=O)(c1ccc(-c2ccnc3[nH]c(Cn4cnnc4)cc23)cc1)N1CCCC1. The Labute approximate surface area is 203 Å². The van der Waals surface area contributed by atoms with Crippen LogP contribution in [0.2, 0.25) is 0 Å². The van der Waals surface area contributed by atoms with Gasteiger partial charge in [-0.15, -0.1) is 10.2 Å². The molecule has 10 nitrogen and oxygen atoms in total. The van der Waals surface area contributed by atoms with Crippen molar-refractivity contribution in [2.75, 3.05) is 13.1 Å². The van der Waals surface area contributed by atoms with Gasteiger partial charge in [-0.3, -0.25) is 0 Å². The summed E-state index contributed by atoms with van der Waals surface area (Å²) in [7, 11) is -3.40. The van der Waals surface area contributed by atoms with Gasteiger partial charge in [-0.05, 0) is 48.2 Å². The number of alkyl halides is 3. The van der Waals surface area contributed by atoms with Gasteiger partial charge in [0.2, 0.25) is 10.0 Å². The molecule has 0 radical (unpaired) electrons. The number of carboxylic acids is 1. The Balaban J connectivity index is 0.000000384. The number of rotatable bonds is 5. The van der Waals surface area contributed by atoms with Gasteiger partial charge < -0.3 is 14.7 Å². The van der Waals surface area contributed by atoms with Crippen molar-refractivity contribution in [1.82, 2.24) is 29.0 Å². The smallest absolute Gasteiger partial charge is 0.475 e. The third-order valence-electron chi connectivity index (χ3n) is 5.52. The Kier molecular flexibility index (Phi) is 7.08. The van der Waals surface area contributed by atoms with E-state index >= 15 is 0 Å². The first-order valence-corrected chi connectivity index (χ1v) is 12.2. The predicted octanol–water partition coefficient (Wildman–Crippen LogP) is 3.29. The second kappa shape index (κ2) is 10.1. The molecule has 4 aromatic rings. The van der Waals surface area contributed by atoms with Gasteiger partial charge in [0.25, 0.3) is 0 Å². The first kappa shape index (κ1) is 25.3. The molecule has 0 saturated carbocycles. The summed E-state index contributed by atoms with van der Waals surface area (Å²) in [5.41, 5.74) is 3.74. The van der Waals surface area contributed by atoms with Crippen molar-refractivity contribution in [2.24, 2.45) is 0 Å². The van der Waals surface area contributed by atoms with Crippen LogP contribution in [0.4, 0.5) is 13.2 Å². The average Bonchev–Trinajstić information content (AvgIpc) is 3.60. The van der Waals surface area contributed by atoms with Crippen LogP contribution in [0, 0.1) is 0 Å². The van der Waals surface area contributed by atoms with Crippen LogP contribution in [0.1, 0.15) is 18.5 Å². The van der Waals surface area contributed by atoms with Crippen LogP contribution < -0.4 is 0 Å². The number of aromatic nitrogens is 5. The van der Waals surface area contributed by atoms with E-state index in [1.54, 1.807) is 35.3 Å². The minimum atomic E-state index is -5.08. The lowest BCUT2D eigenvalue weighted by molar-refractivity contribution is -0.192. The Morgan fingerprint density at radius 2 is 1.67 bits per heavy atom. The number of nitrogens with zero attached hydrogens (tertiary/aromatic N) is 5. The molecule has 1 aromatic carbocycles. The highest BCUT2D eigenvalue weighted by atomic mass is 32.2. The van der Waals surface area contributed by atoms with E-state index in [-0.39, 0.29) is 0 Å². The van der Waals surface area contributed by atoms with Crippen LogP contribution in [0.5, 0.6) is 0 Å². The molecule has 2 N–H and O–H groups in total. The first-order chi connectivity index (χ1) is 17.1. The normalized spacial score (nSPS) is 14.5. The predicted molar refractivity (Wildman–Crippen MR) is 122 cm³/mol. The van der Waals surface area contributed by atoms with E-state index in [4.69, 9.17) is 9.90 Å². The maximum atomic E-state index is 12.7. The number of pyridine rings is 1. The van der Waals surface area contributed by atoms with Crippen molar-refractivity contribution in [2.45, 2.75) is 30.5 Å². The summed E-state index contributed by atoms with van der Waals surface area (Å²) in [5.74, 6) is -2.76. The van der Waals surface area contributed by atoms with Gasteiger partial charge in [-0.1, -0.05) is 12.1 Å². The Morgan fingerprint density at radius 1 is 1.06 bits per heavy atom. The molecule has 0 atom stereocenters. The van der Waals surface area contributed by atoms with Crippen molar-refractivity contribution in [3.05, 3.63) is 60.9 Å². The molecule has 14 heteroatoms. The summed E-state index contributed by atoms with van der Waals surface area (Å²) in [4.78, 5) is 17.0. The zero-order chi connectivity index (χ0) is 25.9. The summed E-state index contributed by atoms with van der Waals surface area (Å²) in [6, 6.07) is 11.1. The molecule has 0 amide bonds. The molecular weight excluding hydrogens is 501 g/mol. The van der Waals surface area contributed by atoms with E-state index in [0.29, 0.717) is 24.5 Å². The van der Waals surface area contributed by atoms with Gasteiger partial charge in [0.15, 0.2) is 0 Å². The van der Waals surface area contributed by atoms with Crippen LogP contribution in [0.25, 0.3) is 22.2 Å². The average molecular weight is 523 g/mol. The number of carbonyl (C=O) groups is 1. The maximum absolute atomic E-state index is 12.7. The highest BCUT2D eigenvalue weighted by Gasteiger charge is 2.38. The number of sulfonamides is 1. The number of aromatic amines is 1. The monoisotopic (exact) mass is 522 g/mol. The fourth-order valence-electron chi connectivity index (χ4n) is 3.80. The molecule has 190 valence electrons. The molecule has 4 heterocycles. The molecule has 0 bridgehead atoms. The van der Waals surface area contributed by atoms with Gasteiger partial charge in [0.1, 0.15) is 18.3 Å². The molecule has 1 aliphatic heterocycles. The van der Waals surface area contributed by atoms with Crippen LogP contribution in [-0.2, 0) is 21.4 Å². The molecule has 0 unspecified atom stereocenters. The van der Waals surface area contributed by atoms with Gasteiger partial charge >= 0.3 is 12.1 Å². The van der Waals surface area contributed by atoms with Crippen molar-refractivity contribution >= 4 is 27.0 Å². The number of H-pyrrole nitrogens is 1. The van der Waals surface area contributed by atoms with E-state index in [1.807, 2.05) is 22.8 Å².